The highest BCUT2D eigenvalue weighted by Crippen LogP contribution is 2.38. The number of nitrogens with one attached hydrogen (secondary N) is 1. The number of amides is 1. The zero-order valence-electron chi connectivity index (χ0n) is 13.7. The molecule has 2 aromatic carbocycles. The van der Waals surface area contributed by atoms with Crippen molar-refractivity contribution < 1.29 is 17.9 Å². The molecule has 0 unspecified atom stereocenters. The number of fused-ring (bicyclic) bond motifs is 2. The monoisotopic (exact) mass is 380 g/mol. The normalized spacial score (nSPS) is 13.5. The van der Waals surface area contributed by atoms with Crippen LogP contribution in [0.15, 0.2) is 41.3 Å². The smallest absolute Gasteiger partial charge is 0.259 e. The molecule has 0 aliphatic carbocycles. The van der Waals surface area contributed by atoms with Crippen molar-refractivity contribution in [2.24, 2.45) is 0 Å². The molecule has 0 aromatic heterocycles. The van der Waals surface area contributed by atoms with Crippen LogP contribution in [0, 0.1) is 0 Å². The first-order valence-electron chi connectivity index (χ1n) is 7.79. The van der Waals surface area contributed by atoms with Gasteiger partial charge in [-0.15, -0.1) is 0 Å². The Morgan fingerprint density at radius 1 is 1.08 bits per heavy atom. The number of halogens is 1. The predicted molar refractivity (Wildman–Crippen MR) is 96.0 cm³/mol. The van der Waals surface area contributed by atoms with E-state index in [-0.39, 0.29) is 16.2 Å². The second kappa shape index (κ2) is 6.67. The third kappa shape index (κ3) is 3.22. The van der Waals surface area contributed by atoms with E-state index in [0.29, 0.717) is 29.5 Å². The van der Waals surface area contributed by atoms with Gasteiger partial charge in [0.2, 0.25) is 10.0 Å². The van der Waals surface area contributed by atoms with E-state index in [1.54, 1.807) is 32.0 Å². The lowest BCUT2D eigenvalue weighted by Crippen LogP contribution is -2.30. The van der Waals surface area contributed by atoms with Crippen LogP contribution >= 0.6 is 11.6 Å². The summed E-state index contributed by atoms with van der Waals surface area (Å²) in [5.41, 5.74) is 0.586. The maximum absolute atomic E-state index is 12.7. The highest BCUT2D eigenvalue weighted by Gasteiger charge is 2.27. The first-order valence-corrected chi connectivity index (χ1v) is 9.61. The molecule has 0 saturated carbocycles. The highest BCUT2D eigenvalue weighted by atomic mass is 35.5. The van der Waals surface area contributed by atoms with E-state index < -0.39 is 15.9 Å². The molecule has 0 atom stereocenters. The largest absolute Gasteiger partial charge is 0.454 e. The van der Waals surface area contributed by atoms with Gasteiger partial charge in [-0.2, -0.15) is 4.31 Å². The summed E-state index contributed by atoms with van der Waals surface area (Å²) in [6.07, 6.45) is 0. The van der Waals surface area contributed by atoms with Gasteiger partial charge in [0.15, 0.2) is 5.75 Å². The summed E-state index contributed by atoms with van der Waals surface area (Å²) < 4.78 is 32.4. The molecule has 1 N–H and O–H groups in total. The molecule has 0 radical (unpaired) electrons. The maximum atomic E-state index is 12.7. The molecule has 8 heteroatoms. The van der Waals surface area contributed by atoms with Gasteiger partial charge in [0.1, 0.15) is 5.75 Å². The average Bonchev–Trinajstić information content (AvgIpc) is 2.71. The van der Waals surface area contributed by atoms with Crippen molar-refractivity contribution in [3.8, 4) is 11.5 Å². The lowest BCUT2D eigenvalue weighted by atomic mass is 10.2. The third-order valence-corrected chi connectivity index (χ3v) is 6.23. The molecule has 6 nitrogen and oxygen atoms in total. The van der Waals surface area contributed by atoms with Crippen LogP contribution in [-0.2, 0) is 10.0 Å². The number of nitrogens with zero attached hydrogens (tertiary/aromatic N) is 1. The molecule has 1 aliphatic rings. The summed E-state index contributed by atoms with van der Waals surface area (Å²) in [7, 11) is -3.67. The van der Waals surface area contributed by atoms with Crippen molar-refractivity contribution in [1.82, 2.24) is 4.31 Å². The summed E-state index contributed by atoms with van der Waals surface area (Å²) in [6, 6.07) is 9.15. The van der Waals surface area contributed by atoms with Crippen LogP contribution in [0.2, 0.25) is 5.02 Å². The van der Waals surface area contributed by atoms with Crippen molar-refractivity contribution in [2.75, 3.05) is 18.4 Å². The second-order valence-electron chi connectivity index (χ2n) is 5.44. The van der Waals surface area contributed by atoms with Gasteiger partial charge in [0.05, 0.1) is 16.1 Å². The van der Waals surface area contributed by atoms with Crippen LogP contribution in [0.25, 0.3) is 0 Å². The molecule has 25 heavy (non-hydrogen) atoms. The quantitative estimate of drug-likeness (QED) is 0.876. The number of rotatable bonds is 4. The Morgan fingerprint density at radius 3 is 2.44 bits per heavy atom. The van der Waals surface area contributed by atoms with Crippen LogP contribution in [-0.4, -0.2) is 31.7 Å². The number of carbonyl (C=O) groups is 1. The SMILES string of the molecule is CCN(CC)S(=O)(=O)c1ccc2c(c1)C(=O)Nc1cc(Cl)ccc1O2. The first-order chi connectivity index (χ1) is 11.9. The Kier molecular flexibility index (Phi) is 4.73. The number of anilines is 1. The maximum Gasteiger partial charge on any atom is 0.259 e. The average molecular weight is 381 g/mol. The Hall–Kier alpha value is -2.09. The summed E-state index contributed by atoms with van der Waals surface area (Å²) in [6.45, 7) is 4.23. The molecule has 132 valence electrons. The minimum atomic E-state index is -3.67. The topological polar surface area (TPSA) is 75.7 Å². The lowest BCUT2D eigenvalue weighted by molar-refractivity contribution is 0.102. The van der Waals surface area contributed by atoms with Crippen molar-refractivity contribution in [3.63, 3.8) is 0 Å². The van der Waals surface area contributed by atoms with Gasteiger partial charge < -0.3 is 10.1 Å². The summed E-state index contributed by atoms with van der Waals surface area (Å²) >= 11 is 5.95. The third-order valence-electron chi connectivity index (χ3n) is 3.95. The molecule has 1 amide bonds. The van der Waals surface area contributed by atoms with E-state index in [1.165, 1.54) is 22.5 Å². The number of benzene rings is 2. The van der Waals surface area contributed by atoms with E-state index in [9.17, 15) is 13.2 Å². The Balaban J connectivity index is 2.07. The summed E-state index contributed by atoms with van der Waals surface area (Å²) in [5, 5.41) is 3.16. The molecular weight excluding hydrogens is 364 g/mol. The van der Waals surface area contributed by atoms with Crippen molar-refractivity contribution in [3.05, 3.63) is 47.0 Å². The zero-order chi connectivity index (χ0) is 18.2. The van der Waals surface area contributed by atoms with Gasteiger partial charge in [0.25, 0.3) is 5.91 Å². The Morgan fingerprint density at radius 2 is 1.76 bits per heavy atom. The van der Waals surface area contributed by atoms with Crippen LogP contribution in [0.4, 0.5) is 5.69 Å². The number of ether oxygens (including phenoxy) is 1. The minimum Gasteiger partial charge on any atom is -0.454 e. The summed E-state index contributed by atoms with van der Waals surface area (Å²) in [5.74, 6) is 0.278. The zero-order valence-corrected chi connectivity index (χ0v) is 15.3. The van der Waals surface area contributed by atoms with Gasteiger partial charge in [-0.25, -0.2) is 8.42 Å². The molecule has 1 aliphatic heterocycles. The Bertz CT molecular complexity index is 940. The van der Waals surface area contributed by atoms with Crippen molar-refractivity contribution >= 4 is 33.2 Å². The van der Waals surface area contributed by atoms with Gasteiger partial charge in [0, 0.05) is 18.1 Å². The van der Waals surface area contributed by atoms with E-state index >= 15 is 0 Å². The van der Waals surface area contributed by atoms with Crippen molar-refractivity contribution in [1.29, 1.82) is 0 Å². The molecule has 0 saturated heterocycles. The molecule has 3 rings (SSSR count). The van der Waals surface area contributed by atoms with Gasteiger partial charge in [-0.3, -0.25) is 4.79 Å². The highest BCUT2D eigenvalue weighted by molar-refractivity contribution is 7.89. The van der Waals surface area contributed by atoms with Gasteiger partial charge in [-0.1, -0.05) is 25.4 Å². The number of hydrogen-bond donors (Lipinski definition) is 1. The molecule has 0 spiro atoms. The van der Waals surface area contributed by atoms with E-state index in [1.807, 2.05) is 0 Å². The predicted octanol–water partition coefficient (Wildman–Crippen LogP) is 3.73. The Labute approximate surface area is 151 Å². The number of hydrogen-bond acceptors (Lipinski definition) is 4. The van der Waals surface area contributed by atoms with Crippen LogP contribution < -0.4 is 10.1 Å². The van der Waals surface area contributed by atoms with Gasteiger partial charge in [-0.05, 0) is 36.4 Å². The first kappa shape index (κ1) is 17.7. The fraction of sp³-hybridized carbons (Fsp3) is 0.235. The molecule has 2 aromatic rings. The van der Waals surface area contributed by atoms with Crippen molar-refractivity contribution in [2.45, 2.75) is 18.7 Å². The second-order valence-corrected chi connectivity index (χ2v) is 7.82. The van der Waals surface area contributed by atoms with Crippen LogP contribution in [0.3, 0.4) is 0 Å². The van der Waals surface area contributed by atoms with E-state index in [4.69, 9.17) is 16.3 Å². The molecular formula is C17H17ClN2O4S. The van der Waals surface area contributed by atoms with Crippen LogP contribution in [0.1, 0.15) is 24.2 Å². The fourth-order valence-corrected chi connectivity index (χ4v) is 4.30. The molecule has 1 heterocycles. The van der Waals surface area contributed by atoms with E-state index in [0.717, 1.165) is 0 Å². The van der Waals surface area contributed by atoms with Crippen LogP contribution in [0.5, 0.6) is 11.5 Å². The van der Waals surface area contributed by atoms with Gasteiger partial charge >= 0.3 is 0 Å². The fourth-order valence-electron chi connectivity index (χ4n) is 2.65. The summed E-state index contributed by atoms with van der Waals surface area (Å²) in [4.78, 5) is 12.6. The standard InChI is InChI=1S/C17H17ClN2O4S/c1-3-20(4-2)25(22,23)12-6-8-15-13(10-12)17(21)19-14-9-11(18)5-7-16(14)24-15/h5-10H,3-4H2,1-2H3,(H,19,21). The van der Waals surface area contributed by atoms with E-state index in [2.05, 4.69) is 5.32 Å². The number of sulfonamides is 1. The molecule has 0 bridgehead atoms. The minimum absolute atomic E-state index is 0.0534. The lowest BCUT2D eigenvalue weighted by Gasteiger charge is -2.19. The molecule has 0 fully saturated rings. The number of carbonyl (C=O) groups excluding carboxylic acids is 1.